The number of hydrogen-bond acceptors (Lipinski definition) is 3. The molecule has 3 nitrogen and oxygen atoms in total. The number of esters is 1. The molecule has 1 aliphatic rings. The van der Waals surface area contributed by atoms with Crippen molar-refractivity contribution in [3.63, 3.8) is 0 Å². The molecular weight excluding hydrogens is 180 g/mol. The van der Waals surface area contributed by atoms with Gasteiger partial charge in [-0.25, -0.2) is 0 Å². The third-order valence-electron chi connectivity index (χ3n) is 3.60. The molecule has 0 saturated heterocycles. The van der Waals surface area contributed by atoms with Crippen LogP contribution in [-0.2, 0) is 14.3 Å². The first-order valence-corrected chi connectivity index (χ1v) is 5.01. The van der Waals surface area contributed by atoms with Gasteiger partial charge in [-0.15, -0.1) is 0 Å². The smallest absolute Gasteiger partial charge is 0.316 e. The number of carbonyl (C=O) groups is 2. The molecule has 0 aromatic carbocycles. The average molecular weight is 198 g/mol. The van der Waals surface area contributed by atoms with Crippen LogP contribution in [0.5, 0.6) is 0 Å². The van der Waals surface area contributed by atoms with Gasteiger partial charge >= 0.3 is 5.97 Å². The number of ether oxygens (including phenoxy) is 1. The summed E-state index contributed by atoms with van der Waals surface area (Å²) >= 11 is 0. The molecule has 80 valence electrons. The summed E-state index contributed by atoms with van der Waals surface area (Å²) in [7, 11) is 1.34. The Balaban J connectivity index is 2.97. The number of rotatable bonds is 1. The van der Waals surface area contributed by atoms with E-state index in [0.717, 1.165) is 6.42 Å². The fourth-order valence-electron chi connectivity index (χ4n) is 2.13. The molecule has 0 spiro atoms. The fourth-order valence-corrected chi connectivity index (χ4v) is 2.13. The maximum absolute atomic E-state index is 11.7. The summed E-state index contributed by atoms with van der Waals surface area (Å²) < 4.78 is 4.68. The lowest BCUT2D eigenvalue weighted by molar-refractivity contribution is -0.158. The standard InChI is InChI=1S/C11H18O3/c1-7-5-6-8(12)9(10(13)14-4)11(7,2)3/h7,9H,5-6H2,1-4H3/t7-,9+/m1/s1. The Bertz CT molecular complexity index is 247. The Morgan fingerprint density at radius 3 is 2.57 bits per heavy atom. The molecule has 0 bridgehead atoms. The quantitative estimate of drug-likeness (QED) is 0.476. The van der Waals surface area contributed by atoms with Gasteiger partial charge in [0.05, 0.1) is 7.11 Å². The zero-order chi connectivity index (χ0) is 10.9. The van der Waals surface area contributed by atoms with Crippen LogP contribution in [0, 0.1) is 17.3 Å². The largest absolute Gasteiger partial charge is 0.468 e. The Labute approximate surface area is 84.8 Å². The molecule has 2 atom stereocenters. The number of hydrogen-bond donors (Lipinski definition) is 0. The number of ketones is 1. The zero-order valence-electron chi connectivity index (χ0n) is 9.29. The molecule has 1 saturated carbocycles. The lowest BCUT2D eigenvalue weighted by Gasteiger charge is -2.40. The predicted octanol–water partition coefficient (Wildman–Crippen LogP) is 1.80. The summed E-state index contributed by atoms with van der Waals surface area (Å²) in [4.78, 5) is 23.2. The van der Waals surface area contributed by atoms with E-state index in [9.17, 15) is 9.59 Å². The first-order valence-electron chi connectivity index (χ1n) is 5.01. The molecule has 1 aliphatic carbocycles. The third kappa shape index (κ3) is 1.68. The van der Waals surface area contributed by atoms with Gasteiger partial charge in [0.2, 0.25) is 0 Å². The maximum Gasteiger partial charge on any atom is 0.316 e. The van der Waals surface area contributed by atoms with Crippen LogP contribution in [0.4, 0.5) is 0 Å². The minimum atomic E-state index is -0.573. The van der Waals surface area contributed by atoms with Crippen molar-refractivity contribution in [1.29, 1.82) is 0 Å². The molecule has 0 aromatic heterocycles. The molecule has 1 rings (SSSR count). The molecule has 0 aromatic rings. The van der Waals surface area contributed by atoms with Crippen LogP contribution in [0.25, 0.3) is 0 Å². The fraction of sp³-hybridized carbons (Fsp3) is 0.818. The normalized spacial score (nSPS) is 31.3. The van der Waals surface area contributed by atoms with Crippen LogP contribution < -0.4 is 0 Å². The van der Waals surface area contributed by atoms with Gasteiger partial charge in [-0.05, 0) is 17.8 Å². The molecular formula is C11H18O3. The molecule has 0 radical (unpaired) electrons. The molecule has 1 fully saturated rings. The highest BCUT2D eigenvalue weighted by Gasteiger charge is 2.47. The van der Waals surface area contributed by atoms with E-state index >= 15 is 0 Å². The van der Waals surface area contributed by atoms with E-state index in [1.54, 1.807) is 0 Å². The van der Waals surface area contributed by atoms with Crippen LogP contribution >= 0.6 is 0 Å². The van der Waals surface area contributed by atoms with Crippen LogP contribution in [0.3, 0.4) is 0 Å². The van der Waals surface area contributed by atoms with E-state index in [0.29, 0.717) is 12.3 Å². The molecule has 0 N–H and O–H groups in total. The van der Waals surface area contributed by atoms with Gasteiger partial charge < -0.3 is 4.74 Å². The Morgan fingerprint density at radius 1 is 1.50 bits per heavy atom. The Kier molecular flexibility index (Phi) is 2.98. The lowest BCUT2D eigenvalue weighted by atomic mass is 9.62. The number of carbonyl (C=O) groups excluding carboxylic acids is 2. The summed E-state index contributed by atoms with van der Waals surface area (Å²) in [5.41, 5.74) is -0.275. The highest BCUT2D eigenvalue weighted by Crippen LogP contribution is 2.43. The molecule has 14 heavy (non-hydrogen) atoms. The van der Waals surface area contributed by atoms with Crippen LogP contribution in [0.2, 0.25) is 0 Å². The van der Waals surface area contributed by atoms with Crippen molar-refractivity contribution in [3.05, 3.63) is 0 Å². The van der Waals surface area contributed by atoms with Gasteiger partial charge in [-0.3, -0.25) is 9.59 Å². The molecule has 0 amide bonds. The maximum atomic E-state index is 11.7. The minimum Gasteiger partial charge on any atom is -0.468 e. The van der Waals surface area contributed by atoms with Crippen molar-refractivity contribution in [2.75, 3.05) is 7.11 Å². The molecule has 0 unspecified atom stereocenters. The lowest BCUT2D eigenvalue weighted by Crippen LogP contribution is -2.45. The summed E-state index contributed by atoms with van der Waals surface area (Å²) in [5.74, 6) is -0.549. The number of Topliss-reactive ketones (excluding diaryl/α,β-unsaturated/α-hetero) is 1. The average Bonchev–Trinajstić information content (AvgIpc) is 2.11. The second-order valence-electron chi connectivity index (χ2n) is 4.68. The van der Waals surface area contributed by atoms with E-state index in [2.05, 4.69) is 11.7 Å². The summed E-state index contributed by atoms with van der Waals surface area (Å²) in [6.45, 7) is 6.02. The van der Waals surface area contributed by atoms with E-state index in [-0.39, 0.29) is 17.2 Å². The predicted molar refractivity (Wildman–Crippen MR) is 52.7 cm³/mol. The minimum absolute atomic E-state index is 0.0277. The molecule has 0 heterocycles. The Morgan fingerprint density at radius 2 is 2.07 bits per heavy atom. The summed E-state index contributed by atoms with van der Waals surface area (Å²) in [6, 6.07) is 0. The van der Waals surface area contributed by atoms with E-state index < -0.39 is 5.92 Å². The van der Waals surface area contributed by atoms with Crippen LogP contribution in [0.15, 0.2) is 0 Å². The van der Waals surface area contributed by atoms with Crippen molar-refractivity contribution < 1.29 is 14.3 Å². The van der Waals surface area contributed by atoms with Gasteiger partial charge in [0.1, 0.15) is 11.7 Å². The highest BCUT2D eigenvalue weighted by atomic mass is 16.5. The Hall–Kier alpha value is -0.860. The van der Waals surface area contributed by atoms with Gasteiger partial charge in [0, 0.05) is 6.42 Å². The van der Waals surface area contributed by atoms with Gasteiger partial charge in [0.25, 0.3) is 0 Å². The van der Waals surface area contributed by atoms with Crippen molar-refractivity contribution in [3.8, 4) is 0 Å². The second kappa shape index (κ2) is 3.71. The van der Waals surface area contributed by atoms with Gasteiger partial charge in [0.15, 0.2) is 0 Å². The third-order valence-corrected chi connectivity index (χ3v) is 3.60. The van der Waals surface area contributed by atoms with Crippen LogP contribution in [0.1, 0.15) is 33.6 Å². The molecule has 3 heteroatoms. The van der Waals surface area contributed by atoms with Crippen LogP contribution in [-0.4, -0.2) is 18.9 Å². The van der Waals surface area contributed by atoms with Gasteiger partial charge in [-0.2, -0.15) is 0 Å². The highest BCUT2D eigenvalue weighted by molar-refractivity contribution is 6.00. The zero-order valence-corrected chi connectivity index (χ0v) is 9.29. The van der Waals surface area contributed by atoms with Crippen molar-refractivity contribution in [2.45, 2.75) is 33.6 Å². The summed E-state index contributed by atoms with van der Waals surface area (Å²) in [5, 5.41) is 0. The first-order chi connectivity index (χ1) is 6.41. The summed E-state index contributed by atoms with van der Waals surface area (Å²) in [6.07, 6.45) is 1.38. The van der Waals surface area contributed by atoms with E-state index in [1.165, 1.54) is 7.11 Å². The SMILES string of the molecule is COC(=O)[C@@H]1C(=O)CC[C@@H](C)C1(C)C. The van der Waals surface area contributed by atoms with E-state index in [1.807, 2.05) is 13.8 Å². The van der Waals surface area contributed by atoms with Crippen molar-refractivity contribution in [1.82, 2.24) is 0 Å². The second-order valence-corrected chi connectivity index (χ2v) is 4.68. The topological polar surface area (TPSA) is 43.4 Å². The van der Waals surface area contributed by atoms with Crippen molar-refractivity contribution in [2.24, 2.45) is 17.3 Å². The van der Waals surface area contributed by atoms with E-state index in [4.69, 9.17) is 0 Å². The monoisotopic (exact) mass is 198 g/mol. The number of methoxy groups -OCH3 is 1. The first kappa shape index (κ1) is 11.2. The van der Waals surface area contributed by atoms with Crippen molar-refractivity contribution >= 4 is 11.8 Å². The van der Waals surface area contributed by atoms with Gasteiger partial charge in [-0.1, -0.05) is 20.8 Å². The molecule has 0 aliphatic heterocycles.